The lowest BCUT2D eigenvalue weighted by Gasteiger charge is -2.04. The quantitative estimate of drug-likeness (QED) is 0.680. The van der Waals surface area contributed by atoms with E-state index in [1.807, 2.05) is 29.5 Å². The molecule has 0 unspecified atom stereocenters. The van der Waals surface area contributed by atoms with Gasteiger partial charge in [0.25, 0.3) is 0 Å². The van der Waals surface area contributed by atoms with E-state index < -0.39 is 0 Å². The molecular formula is C14H10N2O3S. The first kappa shape index (κ1) is 11.5. The molecule has 6 heteroatoms. The van der Waals surface area contributed by atoms with Crippen LogP contribution in [0.2, 0.25) is 0 Å². The van der Waals surface area contributed by atoms with Gasteiger partial charge in [0.05, 0.1) is 11.9 Å². The van der Waals surface area contributed by atoms with Crippen LogP contribution in [0, 0.1) is 6.92 Å². The molecule has 0 amide bonds. The normalized spacial score (nSPS) is 13.1. The molecular weight excluding hydrogens is 276 g/mol. The Morgan fingerprint density at radius 1 is 1.35 bits per heavy atom. The molecule has 3 aromatic rings. The Kier molecular flexibility index (Phi) is 2.34. The van der Waals surface area contributed by atoms with Gasteiger partial charge in [0.2, 0.25) is 6.79 Å². The first-order chi connectivity index (χ1) is 9.78. The van der Waals surface area contributed by atoms with Crippen LogP contribution in [0.1, 0.15) is 15.4 Å². The highest BCUT2D eigenvalue weighted by Gasteiger charge is 2.19. The van der Waals surface area contributed by atoms with Crippen LogP contribution in [0.25, 0.3) is 16.2 Å². The van der Waals surface area contributed by atoms with Gasteiger partial charge in [0, 0.05) is 10.4 Å². The van der Waals surface area contributed by atoms with Gasteiger partial charge in [-0.2, -0.15) is 0 Å². The minimum atomic E-state index is 0.251. The number of imidazole rings is 1. The number of carbonyl (C=O) groups is 1. The smallest absolute Gasteiger partial charge is 0.231 e. The van der Waals surface area contributed by atoms with E-state index >= 15 is 0 Å². The number of ether oxygens (including phenoxy) is 2. The van der Waals surface area contributed by atoms with Crippen LogP contribution in [-0.4, -0.2) is 22.5 Å². The number of aromatic nitrogens is 2. The van der Waals surface area contributed by atoms with E-state index in [9.17, 15) is 4.79 Å². The summed E-state index contributed by atoms with van der Waals surface area (Å²) < 4.78 is 12.6. The maximum absolute atomic E-state index is 11.2. The minimum absolute atomic E-state index is 0.251. The van der Waals surface area contributed by atoms with Gasteiger partial charge in [-0.25, -0.2) is 4.98 Å². The number of aryl methyl sites for hydroxylation is 1. The zero-order valence-corrected chi connectivity index (χ0v) is 11.4. The van der Waals surface area contributed by atoms with Crippen molar-refractivity contribution < 1.29 is 14.3 Å². The van der Waals surface area contributed by atoms with Gasteiger partial charge in [-0.15, -0.1) is 11.3 Å². The standard InChI is InChI=1S/C14H10N2O3S/c1-8-13(16-10(6-17)5-15-14(16)20-8)9-2-3-11-12(4-9)19-7-18-11/h2-6H,7H2,1H3. The summed E-state index contributed by atoms with van der Waals surface area (Å²) in [6, 6.07) is 5.79. The first-order valence-corrected chi connectivity index (χ1v) is 6.91. The van der Waals surface area contributed by atoms with Gasteiger partial charge in [0.1, 0.15) is 5.69 Å². The van der Waals surface area contributed by atoms with Crippen LogP contribution < -0.4 is 9.47 Å². The van der Waals surface area contributed by atoms with Gasteiger partial charge in [-0.1, -0.05) is 0 Å². The molecule has 0 saturated heterocycles. The van der Waals surface area contributed by atoms with E-state index in [0.717, 1.165) is 38.9 Å². The van der Waals surface area contributed by atoms with Crippen molar-refractivity contribution in [3.05, 3.63) is 35.0 Å². The highest BCUT2D eigenvalue weighted by molar-refractivity contribution is 7.17. The number of hydrogen-bond donors (Lipinski definition) is 0. The van der Waals surface area contributed by atoms with E-state index in [0.29, 0.717) is 5.69 Å². The van der Waals surface area contributed by atoms with E-state index in [-0.39, 0.29) is 6.79 Å². The number of benzene rings is 1. The fraction of sp³-hybridized carbons (Fsp3) is 0.143. The predicted octanol–water partition coefficient (Wildman–Crippen LogP) is 2.91. The Morgan fingerprint density at radius 3 is 3.05 bits per heavy atom. The van der Waals surface area contributed by atoms with Crippen LogP contribution in [-0.2, 0) is 0 Å². The first-order valence-electron chi connectivity index (χ1n) is 6.10. The number of aldehydes is 1. The lowest BCUT2D eigenvalue weighted by Crippen LogP contribution is -1.93. The fourth-order valence-corrected chi connectivity index (χ4v) is 3.42. The Bertz CT molecular complexity index is 834. The van der Waals surface area contributed by atoms with E-state index in [1.165, 1.54) is 0 Å². The van der Waals surface area contributed by atoms with Gasteiger partial charge >= 0.3 is 0 Å². The van der Waals surface area contributed by atoms with Crippen molar-refractivity contribution in [1.82, 2.24) is 9.38 Å². The van der Waals surface area contributed by atoms with E-state index in [4.69, 9.17) is 9.47 Å². The summed E-state index contributed by atoms with van der Waals surface area (Å²) in [4.78, 5) is 17.3. The van der Waals surface area contributed by atoms with Crippen molar-refractivity contribution in [2.75, 3.05) is 6.79 Å². The highest BCUT2D eigenvalue weighted by Crippen LogP contribution is 2.38. The largest absolute Gasteiger partial charge is 0.454 e. The fourth-order valence-electron chi connectivity index (χ4n) is 2.45. The molecule has 0 fully saturated rings. The maximum Gasteiger partial charge on any atom is 0.231 e. The van der Waals surface area contributed by atoms with Crippen LogP contribution in [0.5, 0.6) is 11.5 Å². The van der Waals surface area contributed by atoms with Crippen LogP contribution >= 0.6 is 11.3 Å². The van der Waals surface area contributed by atoms with Crippen LogP contribution in [0.3, 0.4) is 0 Å². The van der Waals surface area contributed by atoms with Crippen molar-refractivity contribution in [2.24, 2.45) is 0 Å². The van der Waals surface area contributed by atoms with Crippen LogP contribution in [0.4, 0.5) is 0 Å². The predicted molar refractivity (Wildman–Crippen MR) is 74.8 cm³/mol. The number of nitrogens with zero attached hydrogens (tertiary/aromatic N) is 2. The molecule has 0 radical (unpaired) electrons. The SMILES string of the molecule is Cc1sc2ncc(C=O)n2c1-c1ccc2c(c1)OCO2. The monoisotopic (exact) mass is 286 g/mol. The molecule has 0 bridgehead atoms. The molecule has 0 atom stereocenters. The third-order valence-corrected chi connectivity index (χ3v) is 4.30. The lowest BCUT2D eigenvalue weighted by atomic mass is 10.1. The third-order valence-electron chi connectivity index (χ3n) is 3.32. The summed E-state index contributed by atoms with van der Waals surface area (Å²) in [7, 11) is 0. The third kappa shape index (κ3) is 1.48. The average Bonchev–Trinajstić information content (AvgIpc) is 3.11. The molecule has 0 aliphatic carbocycles. The number of rotatable bonds is 2. The number of fused-ring (bicyclic) bond motifs is 2. The Morgan fingerprint density at radius 2 is 2.20 bits per heavy atom. The van der Waals surface area contributed by atoms with Crippen molar-refractivity contribution in [2.45, 2.75) is 6.92 Å². The van der Waals surface area contributed by atoms with Gasteiger partial charge in [-0.3, -0.25) is 9.20 Å². The molecule has 0 N–H and O–H groups in total. The second-order valence-corrected chi connectivity index (χ2v) is 5.68. The molecule has 0 spiro atoms. The summed E-state index contributed by atoms with van der Waals surface area (Å²) in [5, 5.41) is 0. The Labute approximate surface area is 118 Å². The minimum Gasteiger partial charge on any atom is -0.454 e. The molecule has 2 aromatic heterocycles. The summed E-state index contributed by atoms with van der Waals surface area (Å²) >= 11 is 1.56. The second kappa shape index (κ2) is 4.08. The second-order valence-electron chi connectivity index (χ2n) is 4.49. The van der Waals surface area contributed by atoms with E-state index in [2.05, 4.69) is 4.98 Å². The number of hydrogen-bond acceptors (Lipinski definition) is 5. The summed E-state index contributed by atoms with van der Waals surface area (Å²) in [6.45, 7) is 2.27. The summed E-state index contributed by atoms with van der Waals surface area (Å²) in [6.07, 6.45) is 2.41. The molecule has 1 aliphatic heterocycles. The van der Waals surface area contributed by atoms with Crippen molar-refractivity contribution in [3.8, 4) is 22.8 Å². The van der Waals surface area contributed by atoms with Crippen molar-refractivity contribution in [1.29, 1.82) is 0 Å². The molecule has 1 aromatic carbocycles. The maximum atomic E-state index is 11.2. The summed E-state index contributed by atoms with van der Waals surface area (Å²) in [5.41, 5.74) is 2.51. The van der Waals surface area contributed by atoms with Crippen molar-refractivity contribution in [3.63, 3.8) is 0 Å². The Balaban J connectivity index is 1.99. The Hall–Kier alpha value is -2.34. The molecule has 4 rings (SSSR count). The molecule has 0 saturated carbocycles. The molecule has 1 aliphatic rings. The van der Waals surface area contributed by atoms with Gasteiger partial charge in [0.15, 0.2) is 22.7 Å². The zero-order valence-electron chi connectivity index (χ0n) is 10.6. The zero-order chi connectivity index (χ0) is 13.7. The highest BCUT2D eigenvalue weighted by atomic mass is 32.1. The van der Waals surface area contributed by atoms with Gasteiger partial charge in [-0.05, 0) is 25.1 Å². The van der Waals surface area contributed by atoms with Crippen LogP contribution in [0.15, 0.2) is 24.4 Å². The van der Waals surface area contributed by atoms with Gasteiger partial charge < -0.3 is 9.47 Å². The number of carbonyl (C=O) groups excluding carboxylic acids is 1. The average molecular weight is 286 g/mol. The molecule has 100 valence electrons. The molecule has 5 nitrogen and oxygen atoms in total. The molecule has 20 heavy (non-hydrogen) atoms. The lowest BCUT2D eigenvalue weighted by molar-refractivity contribution is 0.111. The number of thiazole rings is 1. The van der Waals surface area contributed by atoms with Crippen molar-refractivity contribution >= 4 is 22.6 Å². The topological polar surface area (TPSA) is 52.8 Å². The molecule has 3 heterocycles. The van der Waals surface area contributed by atoms with E-state index in [1.54, 1.807) is 17.5 Å². The summed E-state index contributed by atoms with van der Waals surface area (Å²) in [5.74, 6) is 1.48.